The Hall–Kier alpha value is -0.680. The molecule has 1 atom stereocenters. The smallest absolute Gasteiger partial charge is 0.333 e. The fraction of sp³-hybridized carbons (Fsp3) is 0.667. The van der Waals surface area contributed by atoms with Gasteiger partial charge in [-0.05, 0) is 13.3 Å². The van der Waals surface area contributed by atoms with Crippen LogP contribution in [0.25, 0.3) is 0 Å². The SMILES string of the molecule is CC[C@H](C)OCc1nn(C(F)F)cc1Cl. The second-order valence-corrected chi connectivity index (χ2v) is 3.62. The lowest BCUT2D eigenvalue weighted by molar-refractivity contribution is 0.0414. The van der Waals surface area contributed by atoms with Crippen molar-refractivity contribution in [3.8, 4) is 0 Å². The Kier molecular flexibility index (Phi) is 4.47. The van der Waals surface area contributed by atoms with Crippen LogP contribution in [-0.4, -0.2) is 15.9 Å². The number of alkyl halides is 2. The quantitative estimate of drug-likeness (QED) is 0.787. The lowest BCUT2D eigenvalue weighted by atomic mass is 10.3. The minimum absolute atomic E-state index is 0.0674. The summed E-state index contributed by atoms with van der Waals surface area (Å²) in [6, 6.07) is 0. The molecule has 0 unspecified atom stereocenters. The molecule has 0 aromatic carbocycles. The van der Waals surface area contributed by atoms with Crippen LogP contribution in [0.4, 0.5) is 8.78 Å². The molecule has 1 rings (SSSR count). The first-order valence-corrected chi connectivity index (χ1v) is 5.05. The van der Waals surface area contributed by atoms with Crippen molar-refractivity contribution >= 4 is 11.6 Å². The van der Waals surface area contributed by atoms with Crippen LogP contribution in [0.3, 0.4) is 0 Å². The third-order valence-corrected chi connectivity index (χ3v) is 2.35. The van der Waals surface area contributed by atoms with E-state index in [4.69, 9.17) is 16.3 Å². The van der Waals surface area contributed by atoms with Gasteiger partial charge < -0.3 is 4.74 Å². The summed E-state index contributed by atoms with van der Waals surface area (Å²) in [6.07, 6.45) is 2.02. The number of nitrogens with zero attached hydrogens (tertiary/aromatic N) is 2. The Morgan fingerprint density at radius 1 is 1.60 bits per heavy atom. The minimum atomic E-state index is -2.67. The first kappa shape index (κ1) is 12.4. The molecule has 86 valence electrons. The monoisotopic (exact) mass is 238 g/mol. The molecule has 1 aromatic heterocycles. The fourth-order valence-corrected chi connectivity index (χ4v) is 1.14. The van der Waals surface area contributed by atoms with Gasteiger partial charge in [0.15, 0.2) is 0 Å². The molecular weight excluding hydrogens is 226 g/mol. The summed E-state index contributed by atoms with van der Waals surface area (Å²) in [7, 11) is 0. The van der Waals surface area contributed by atoms with Crippen molar-refractivity contribution in [2.24, 2.45) is 0 Å². The standard InChI is InChI=1S/C9H13ClF2N2O/c1-3-6(2)15-5-8-7(10)4-14(13-8)9(11)12/h4,6,9H,3,5H2,1-2H3/t6-/m0/s1. The maximum absolute atomic E-state index is 12.2. The zero-order valence-electron chi connectivity index (χ0n) is 8.58. The summed E-state index contributed by atoms with van der Waals surface area (Å²) < 4.78 is 30.3. The molecule has 0 amide bonds. The van der Waals surface area contributed by atoms with Gasteiger partial charge in [0.05, 0.1) is 17.7 Å². The van der Waals surface area contributed by atoms with Crippen LogP contribution >= 0.6 is 11.6 Å². The largest absolute Gasteiger partial charge is 0.372 e. The highest BCUT2D eigenvalue weighted by molar-refractivity contribution is 6.31. The van der Waals surface area contributed by atoms with Crippen LogP contribution in [0.15, 0.2) is 6.20 Å². The molecule has 0 saturated heterocycles. The summed E-state index contributed by atoms with van der Waals surface area (Å²) in [5, 5.41) is 3.83. The van der Waals surface area contributed by atoms with Gasteiger partial charge in [-0.25, -0.2) is 4.68 Å². The lowest BCUT2D eigenvalue weighted by Crippen LogP contribution is -2.07. The van der Waals surface area contributed by atoms with Crippen LogP contribution in [0.1, 0.15) is 32.5 Å². The molecule has 0 bridgehead atoms. The maximum atomic E-state index is 12.2. The van der Waals surface area contributed by atoms with Gasteiger partial charge in [0.1, 0.15) is 5.69 Å². The molecule has 1 heterocycles. The van der Waals surface area contributed by atoms with Crippen molar-refractivity contribution < 1.29 is 13.5 Å². The van der Waals surface area contributed by atoms with Crippen molar-refractivity contribution in [1.82, 2.24) is 9.78 Å². The highest BCUT2D eigenvalue weighted by Gasteiger charge is 2.13. The van der Waals surface area contributed by atoms with E-state index < -0.39 is 6.55 Å². The Labute approximate surface area is 92.0 Å². The van der Waals surface area contributed by atoms with E-state index in [-0.39, 0.29) is 17.7 Å². The molecule has 3 nitrogen and oxygen atoms in total. The van der Waals surface area contributed by atoms with E-state index in [0.717, 1.165) is 12.6 Å². The summed E-state index contributed by atoms with van der Waals surface area (Å²) in [6.45, 7) is 1.37. The zero-order chi connectivity index (χ0) is 11.4. The van der Waals surface area contributed by atoms with Gasteiger partial charge in [0.2, 0.25) is 0 Å². The average molecular weight is 239 g/mol. The highest BCUT2D eigenvalue weighted by atomic mass is 35.5. The van der Waals surface area contributed by atoms with E-state index in [1.807, 2.05) is 13.8 Å². The molecule has 1 aromatic rings. The van der Waals surface area contributed by atoms with E-state index in [9.17, 15) is 8.78 Å². The van der Waals surface area contributed by atoms with Crippen molar-refractivity contribution in [2.75, 3.05) is 0 Å². The van der Waals surface area contributed by atoms with E-state index in [0.29, 0.717) is 10.4 Å². The number of hydrogen-bond donors (Lipinski definition) is 0. The van der Waals surface area contributed by atoms with Gasteiger partial charge in [-0.15, -0.1) is 0 Å². The Morgan fingerprint density at radius 3 is 2.73 bits per heavy atom. The molecule has 0 fully saturated rings. The Balaban J connectivity index is 2.61. The molecule has 0 aliphatic carbocycles. The third kappa shape index (κ3) is 3.43. The molecule has 15 heavy (non-hydrogen) atoms. The third-order valence-electron chi connectivity index (χ3n) is 2.04. The van der Waals surface area contributed by atoms with E-state index in [2.05, 4.69) is 5.10 Å². The molecule has 0 aliphatic rings. The van der Waals surface area contributed by atoms with Gasteiger partial charge >= 0.3 is 6.55 Å². The van der Waals surface area contributed by atoms with Gasteiger partial charge in [0.25, 0.3) is 0 Å². The molecule has 6 heteroatoms. The van der Waals surface area contributed by atoms with Crippen LogP contribution < -0.4 is 0 Å². The second-order valence-electron chi connectivity index (χ2n) is 3.21. The number of halogens is 3. The number of ether oxygens (including phenoxy) is 1. The number of rotatable bonds is 5. The van der Waals surface area contributed by atoms with Crippen LogP contribution in [-0.2, 0) is 11.3 Å². The summed E-state index contributed by atoms with van der Waals surface area (Å²) in [4.78, 5) is 0. The first-order valence-electron chi connectivity index (χ1n) is 4.67. The first-order chi connectivity index (χ1) is 7.04. The van der Waals surface area contributed by atoms with E-state index >= 15 is 0 Å². The zero-order valence-corrected chi connectivity index (χ0v) is 9.34. The van der Waals surface area contributed by atoms with Crippen LogP contribution in [0.2, 0.25) is 5.02 Å². The highest BCUT2D eigenvalue weighted by Crippen LogP contribution is 2.19. The number of hydrogen-bond acceptors (Lipinski definition) is 2. The van der Waals surface area contributed by atoms with Crippen LogP contribution in [0.5, 0.6) is 0 Å². The van der Waals surface area contributed by atoms with Gasteiger partial charge in [-0.3, -0.25) is 0 Å². The topological polar surface area (TPSA) is 27.1 Å². The van der Waals surface area contributed by atoms with Crippen molar-refractivity contribution in [3.63, 3.8) is 0 Å². The van der Waals surface area contributed by atoms with Crippen LogP contribution in [0, 0.1) is 0 Å². The van der Waals surface area contributed by atoms with Crippen molar-refractivity contribution in [2.45, 2.75) is 39.5 Å². The Bertz CT molecular complexity index is 317. The Morgan fingerprint density at radius 2 is 2.27 bits per heavy atom. The molecule has 0 radical (unpaired) electrons. The molecule has 0 spiro atoms. The fourth-order valence-electron chi connectivity index (χ4n) is 0.944. The summed E-state index contributed by atoms with van der Waals surface area (Å²) in [5.41, 5.74) is 0.345. The summed E-state index contributed by atoms with van der Waals surface area (Å²) >= 11 is 5.72. The molecule has 0 N–H and O–H groups in total. The van der Waals surface area contributed by atoms with Crippen molar-refractivity contribution in [1.29, 1.82) is 0 Å². The van der Waals surface area contributed by atoms with Gasteiger partial charge in [-0.2, -0.15) is 13.9 Å². The van der Waals surface area contributed by atoms with Gasteiger partial charge in [-0.1, -0.05) is 18.5 Å². The molecule has 0 aliphatic heterocycles. The molecule has 0 saturated carbocycles. The minimum Gasteiger partial charge on any atom is -0.372 e. The van der Waals surface area contributed by atoms with E-state index in [1.54, 1.807) is 0 Å². The second kappa shape index (κ2) is 5.42. The van der Waals surface area contributed by atoms with E-state index in [1.165, 1.54) is 0 Å². The normalized spacial score (nSPS) is 13.5. The van der Waals surface area contributed by atoms with Gasteiger partial charge in [0, 0.05) is 6.20 Å². The van der Waals surface area contributed by atoms with Crippen molar-refractivity contribution in [3.05, 3.63) is 16.9 Å². The average Bonchev–Trinajstić information content (AvgIpc) is 2.56. The molecular formula is C9H13ClF2N2O. The lowest BCUT2D eigenvalue weighted by Gasteiger charge is -2.08. The summed E-state index contributed by atoms with van der Waals surface area (Å²) in [5.74, 6) is 0. The predicted molar refractivity (Wildman–Crippen MR) is 53.0 cm³/mol. The number of aromatic nitrogens is 2. The predicted octanol–water partition coefficient (Wildman–Crippen LogP) is 3.25. The maximum Gasteiger partial charge on any atom is 0.333 e.